The fourth-order valence-corrected chi connectivity index (χ4v) is 2.31. The maximum atomic E-state index is 11.9. The topological polar surface area (TPSA) is 50.8 Å². The predicted octanol–water partition coefficient (Wildman–Crippen LogP) is 2.09. The molecule has 0 spiro atoms. The molecule has 0 heterocycles. The second kappa shape index (κ2) is 10.1. The summed E-state index contributed by atoms with van der Waals surface area (Å²) in [6.45, 7) is 7.85. The van der Waals surface area contributed by atoms with Gasteiger partial charge in [0.25, 0.3) is 0 Å². The molecule has 0 aliphatic rings. The second-order valence-corrected chi connectivity index (χ2v) is 5.05. The second-order valence-electron chi connectivity index (χ2n) is 5.05. The fraction of sp³-hybridized carbons (Fsp3) is 0.588. The zero-order chi connectivity index (χ0) is 16.4. The first kappa shape index (κ1) is 18.3. The van der Waals surface area contributed by atoms with Crippen molar-refractivity contribution in [3.63, 3.8) is 0 Å². The highest BCUT2D eigenvalue weighted by atomic mass is 16.5. The number of nitrogens with one attached hydrogen (secondary N) is 1. The molecule has 0 bridgehead atoms. The Morgan fingerprint density at radius 3 is 2.50 bits per heavy atom. The molecule has 124 valence electrons. The van der Waals surface area contributed by atoms with E-state index in [1.165, 1.54) is 0 Å². The Bertz CT molecular complexity index is 459. The van der Waals surface area contributed by atoms with Crippen LogP contribution in [0.3, 0.4) is 0 Å². The van der Waals surface area contributed by atoms with Gasteiger partial charge in [-0.25, -0.2) is 0 Å². The van der Waals surface area contributed by atoms with E-state index >= 15 is 0 Å². The lowest BCUT2D eigenvalue weighted by Crippen LogP contribution is -2.34. The Morgan fingerprint density at radius 1 is 1.18 bits per heavy atom. The SMILES string of the molecule is CCN(CC)CCNC(=O)CCc1cc(OC)ccc1OC. The fourth-order valence-electron chi connectivity index (χ4n) is 2.31. The van der Waals surface area contributed by atoms with Crippen molar-refractivity contribution in [1.82, 2.24) is 10.2 Å². The van der Waals surface area contributed by atoms with Gasteiger partial charge in [-0.3, -0.25) is 4.79 Å². The van der Waals surface area contributed by atoms with Crippen molar-refractivity contribution in [1.29, 1.82) is 0 Å². The van der Waals surface area contributed by atoms with Crippen LogP contribution < -0.4 is 14.8 Å². The lowest BCUT2D eigenvalue weighted by molar-refractivity contribution is -0.121. The minimum Gasteiger partial charge on any atom is -0.497 e. The van der Waals surface area contributed by atoms with Crippen molar-refractivity contribution in [2.45, 2.75) is 26.7 Å². The quantitative estimate of drug-likeness (QED) is 0.719. The van der Waals surface area contributed by atoms with Crippen LogP contribution in [0.25, 0.3) is 0 Å². The highest BCUT2D eigenvalue weighted by molar-refractivity contribution is 5.76. The van der Waals surface area contributed by atoms with Gasteiger partial charge in [-0.15, -0.1) is 0 Å². The van der Waals surface area contributed by atoms with Crippen molar-refractivity contribution < 1.29 is 14.3 Å². The Hall–Kier alpha value is -1.75. The number of aryl methyl sites for hydroxylation is 1. The summed E-state index contributed by atoms with van der Waals surface area (Å²) in [6.07, 6.45) is 1.08. The van der Waals surface area contributed by atoms with E-state index in [0.717, 1.165) is 36.7 Å². The van der Waals surface area contributed by atoms with E-state index in [9.17, 15) is 4.79 Å². The summed E-state index contributed by atoms with van der Waals surface area (Å²) in [4.78, 5) is 14.2. The van der Waals surface area contributed by atoms with Crippen LogP contribution in [0.15, 0.2) is 18.2 Å². The van der Waals surface area contributed by atoms with Crippen LogP contribution >= 0.6 is 0 Å². The molecule has 5 heteroatoms. The number of carbonyl (C=O) groups excluding carboxylic acids is 1. The Labute approximate surface area is 133 Å². The number of amides is 1. The van der Waals surface area contributed by atoms with Gasteiger partial charge in [0.05, 0.1) is 14.2 Å². The molecular formula is C17H28N2O3. The average molecular weight is 308 g/mol. The van der Waals surface area contributed by atoms with E-state index in [0.29, 0.717) is 19.4 Å². The van der Waals surface area contributed by atoms with Gasteiger partial charge in [0.2, 0.25) is 5.91 Å². The molecule has 1 aromatic carbocycles. The van der Waals surface area contributed by atoms with E-state index in [2.05, 4.69) is 24.1 Å². The van der Waals surface area contributed by atoms with E-state index < -0.39 is 0 Å². The molecule has 1 amide bonds. The molecule has 5 nitrogen and oxygen atoms in total. The maximum Gasteiger partial charge on any atom is 0.220 e. The number of rotatable bonds is 10. The molecule has 1 rings (SSSR count). The first-order valence-corrected chi connectivity index (χ1v) is 7.84. The molecule has 0 fully saturated rings. The van der Waals surface area contributed by atoms with Gasteiger partial charge in [-0.2, -0.15) is 0 Å². The highest BCUT2D eigenvalue weighted by Crippen LogP contribution is 2.24. The molecule has 0 unspecified atom stereocenters. The summed E-state index contributed by atoms with van der Waals surface area (Å²) < 4.78 is 10.5. The summed E-state index contributed by atoms with van der Waals surface area (Å²) in [7, 11) is 3.26. The molecule has 0 radical (unpaired) electrons. The summed E-state index contributed by atoms with van der Waals surface area (Å²) in [5, 5.41) is 2.97. The highest BCUT2D eigenvalue weighted by Gasteiger charge is 2.08. The zero-order valence-electron chi connectivity index (χ0n) is 14.1. The van der Waals surface area contributed by atoms with Crippen LogP contribution in [-0.4, -0.2) is 51.2 Å². The Morgan fingerprint density at radius 2 is 1.91 bits per heavy atom. The average Bonchev–Trinajstić information content (AvgIpc) is 2.56. The summed E-state index contributed by atoms with van der Waals surface area (Å²) >= 11 is 0. The van der Waals surface area contributed by atoms with Crippen molar-refractivity contribution in [3.05, 3.63) is 23.8 Å². The van der Waals surface area contributed by atoms with Gasteiger partial charge >= 0.3 is 0 Å². The predicted molar refractivity (Wildman–Crippen MR) is 88.7 cm³/mol. The monoisotopic (exact) mass is 308 g/mol. The third kappa shape index (κ3) is 5.93. The number of nitrogens with zero attached hydrogens (tertiary/aromatic N) is 1. The van der Waals surface area contributed by atoms with Gasteiger partial charge in [-0.05, 0) is 43.3 Å². The maximum absolute atomic E-state index is 11.9. The molecule has 1 aromatic rings. The van der Waals surface area contributed by atoms with Crippen molar-refractivity contribution in [2.24, 2.45) is 0 Å². The van der Waals surface area contributed by atoms with E-state index in [1.54, 1.807) is 14.2 Å². The Kier molecular flexibility index (Phi) is 8.36. The summed E-state index contributed by atoms with van der Waals surface area (Å²) in [5.41, 5.74) is 0.987. The zero-order valence-corrected chi connectivity index (χ0v) is 14.1. The van der Waals surface area contributed by atoms with E-state index in [1.807, 2.05) is 18.2 Å². The van der Waals surface area contributed by atoms with Gasteiger partial charge in [-0.1, -0.05) is 13.8 Å². The lowest BCUT2D eigenvalue weighted by atomic mass is 10.1. The molecule has 0 saturated heterocycles. The minimum atomic E-state index is 0.0667. The number of benzene rings is 1. The number of methoxy groups -OCH3 is 2. The van der Waals surface area contributed by atoms with E-state index in [-0.39, 0.29) is 5.91 Å². The molecule has 0 saturated carbocycles. The van der Waals surface area contributed by atoms with Crippen LogP contribution in [0.5, 0.6) is 11.5 Å². The first-order valence-electron chi connectivity index (χ1n) is 7.84. The molecular weight excluding hydrogens is 280 g/mol. The van der Waals surface area contributed by atoms with Gasteiger partial charge in [0.1, 0.15) is 11.5 Å². The lowest BCUT2D eigenvalue weighted by Gasteiger charge is -2.18. The Balaban J connectivity index is 2.43. The van der Waals surface area contributed by atoms with Gasteiger partial charge < -0.3 is 19.7 Å². The number of hydrogen-bond donors (Lipinski definition) is 1. The number of carbonyl (C=O) groups is 1. The van der Waals surface area contributed by atoms with Crippen molar-refractivity contribution >= 4 is 5.91 Å². The number of ether oxygens (including phenoxy) is 2. The smallest absolute Gasteiger partial charge is 0.220 e. The standard InChI is InChI=1S/C17H28N2O3/c1-5-19(6-2)12-11-18-17(20)10-7-14-13-15(21-3)8-9-16(14)22-4/h8-9,13H,5-7,10-12H2,1-4H3,(H,18,20). The number of hydrogen-bond acceptors (Lipinski definition) is 4. The minimum absolute atomic E-state index is 0.0667. The molecule has 1 N–H and O–H groups in total. The largest absolute Gasteiger partial charge is 0.497 e. The summed E-state index contributed by atoms with van der Waals surface area (Å²) in [5.74, 6) is 1.63. The van der Waals surface area contributed by atoms with Crippen molar-refractivity contribution in [3.8, 4) is 11.5 Å². The van der Waals surface area contributed by atoms with Crippen LogP contribution in [0.2, 0.25) is 0 Å². The molecule has 0 atom stereocenters. The normalized spacial score (nSPS) is 10.6. The van der Waals surface area contributed by atoms with Crippen LogP contribution in [-0.2, 0) is 11.2 Å². The molecule has 0 aliphatic carbocycles. The van der Waals surface area contributed by atoms with Crippen LogP contribution in [0, 0.1) is 0 Å². The van der Waals surface area contributed by atoms with Crippen molar-refractivity contribution in [2.75, 3.05) is 40.4 Å². The first-order chi connectivity index (χ1) is 10.6. The van der Waals surface area contributed by atoms with Gasteiger partial charge in [0, 0.05) is 19.5 Å². The third-order valence-corrected chi connectivity index (χ3v) is 3.75. The molecule has 0 aliphatic heterocycles. The number of likely N-dealkylation sites (N-methyl/N-ethyl adjacent to an activating group) is 1. The molecule has 0 aromatic heterocycles. The van der Waals surface area contributed by atoms with E-state index in [4.69, 9.17) is 9.47 Å². The van der Waals surface area contributed by atoms with Gasteiger partial charge in [0.15, 0.2) is 0 Å². The van der Waals surface area contributed by atoms with Crippen LogP contribution in [0.4, 0.5) is 0 Å². The third-order valence-electron chi connectivity index (χ3n) is 3.75. The van der Waals surface area contributed by atoms with Crippen LogP contribution in [0.1, 0.15) is 25.8 Å². The molecule has 22 heavy (non-hydrogen) atoms. The summed E-state index contributed by atoms with van der Waals surface area (Å²) in [6, 6.07) is 5.64.